The zero-order valence-corrected chi connectivity index (χ0v) is 17.5. The minimum absolute atomic E-state index is 0.219. The van der Waals surface area contributed by atoms with Crippen LogP contribution in [0.3, 0.4) is 0 Å². The van der Waals surface area contributed by atoms with Gasteiger partial charge in [-0.2, -0.15) is 0 Å². The van der Waals surface area contributed by atoms with E-state index in [1.165, 1.54) is 51.4 Å². The van der Waals surface area contributed by atoms with Gasteiger partial charge in [0.15, 0.2) is 11.5 Å². The summed E-state index contributed by atoms with van der Waals surface area (Å²) in [5.41, 5.74) is 1.18. The van der Waals surface area contributed by atoms with Crippen molar-refractivity contribution in [2.45, 2.75) is 78.2 Å². The minimum Gasteiger partial charge on any atom is -0.475 e. The molecular formula is C21H33N5O2. The molecule has 2 saturated carbocycles. The molecule has 1 unspecified atom stereocenters. The number of imidazole rings is 1. The number of rotatable bonds is 4. The first-order valence-corrected chi connectivity index (χ1v) is 10.6. The summed E-state index contributed by atoms with van der Waals surface area (Å²) in [5, 5.41) is 12.5. The lowest BCUT2D eigenvalue weighted by atomic mass is 9.80. The first-order valence-electron chi connectivity index (χ1n) is 10.6. The van der Waals surface area contributed by atoms with Crippen molar-refractivity contribution in [3.63, 3.8) is 0 Å². The topological polar surface area (TPSA) is 92.9 Å². The lowest BCUT2D eigenvalue weighted by Gasteiger charge is -2.32. The van der Waals surface area contributed by atoms with Crippen molar-refractivity contribution >= 4 is 23.0 Å². The van der Waals surface area contributed by atoms with Crippen molar-refractivity contribution in [1.29, 1.82) is 0 Å². The van der Waals surface area contributed by atoms with Gasteiger partial charge < -0.3 is 15.0 Å². The molecule has 0 spiro atoms. The average molecular weight is 388 g/mol. The number of carbonyl (C=O) groups is 1. The second-order valence-corrected chi connectivity index (χ2v) is 8.46. The van der Waals surface area contributed by atoms with E-state index in [1.807, 2.05) is 18.5 Å². The summed E-state index contributed by atoms with van der Waals surface area (Å²) >= 11 is 0. The fraction of sp³-hybridized carbons (Fsp3) is 0.714. The number of hydrogen-bond donors (Lipinski definition) is 2. The Bertz CT molecular complexity index is 822. The van der Waals surface area contributed by atoms with Crippen LogP contribution in [0.25, 0.3) is 11.2 Å². The first-order chi connectivity index (χ1) is 13.4. The predicted octanol–water partition coefficient (Wildman–Crippen LogP) is 4.56. The number of hydrogen-bond acceptors (Lipinski definition) is 5. The number of anilines is 1. The molecular weight excluding hydrogens is 354 g/mol. The van der Waals surface area contributed by atoms with Crippen LogP contribution in [-0.4, -0.2) is 36.6 Å². The van der Waals surface area contributed by atoms with Gasteiger partial charge in [-0.15, -0.1) is 0 Å². The van der Waals surface area contributed by atoms with E-state index in [0.717, 1.165) is 17.3 Å². The van der Waals surface area contributed by atoms with Crippen molar-refractivity contribution in [2.75, 3.05) is 5.32 Å². The van der Waals surface area contributed by atoms with Crippen molar-refractivity contribution < 1.29 is 9.90 Å². The third-order valence-electron chi connectivity index (χ3n) is 6.26. The maximum Gasteiger partial charge on any atom is 0.374 e. The lowest BCUT2D eigenvalue weighted by molar-refractivity contribution is 0.0684. The van der Waals surface area contributed by atoms with Gasteiger partial charge in [0.25, 0.3) is 0 Å². The SMILES string of the molecule is CC1CCCCC1.Cc1nc2nc(C(=O)O)nc(NC(C)C3CCC3)c2n1C. The fourth-order valence-electron chi connectivity index (χ4n) is 4.00. The summed E-state index contributed by atoms with van der Waals surface area (Å²) in [5.74, 6) is 1.64. The molecule has 4 rings (SSSR count). The van der Waals surface area contributed by atoms with E-state index >= 15 is 0 Å². The standard InChI is InChI=1S/C14H19N5O2.C7H14/c1-7(9-5-4-6-9)15-11-10-12(16-8(2)19(10)3)18-13(17-11)14(20)21;1-7-5-3-2-4-6-7/h7,9H,4-6H2,1-3H3,(H,20,21)(H,15,17,18);7H,2-6H2,1H3. The smallest absolute Gasteiger partial charge is 0.374 e. The Morgan fingerprint density at radius 1 is 1.11 bits per heavy atom. The number of aromatic carboxylic acids is 1. The van der Waals surface area contributed by atoms with E-state index in [0.29, 0.717) is 17.4 Å². The van der Waals surface area contributed by atoms with Crippen LogP contribution in [0.2, 0.25) is 0 Å². The van der Waals surface area contributed by atoms with Crippen LogP contribution in [0, 0.1) is 18.8 Å². The molecule has 154 valence electrons. The van der Waals surface area contributed by atoms with Crippen LogP contribution in [0.15, 0.2) is 0 Å². The summed E-state index contributed by atoms with van der Waals surface area (Å²) in [6, 6.07) is 0.258. The number of aryl methyl sites for hydroxylation is 2. The van der Waals surface area contributed by atoms with E-state index in [-0.39, 0.29) is 11.9 Å². The highest BCUT2D eigenvalue weighted by molar-refractivity contribution is 5.90. The van der Waals surface area contributed by atoms with Gasteiger partial charge in [-0.25, -0.2) is 19.7 Å². The highest BCUT2D eigenvalue weighted by Crippen LogP contribution is 2.32. The van der Waals surface area contributed by atoms with Crippen LogP contribution in [-0.2, 0) is 7.05 Å². The van der Waals surface area contributed by atoms with Gasteiger partial charge in [-0.3, -0.25) is 0 Å². The Morgan fingerprint density at radius 3 is 2.29 bits per heavy atom. The van der Waals surface area contributed by atoms with Crippen LogP contribution >= 0.6 is 0 Å². The molecule has 1 atom stereocenters. The Morgan fingerprint density at radius 2 is 1.79 bits per heavy atom. The number of carboxylic acids is 1. The average Bonchev–Trinajstić information content (AvgIpc) is 2.89. The fourth-order valence-corrected chi connectivity index (χ4v) is 4.00. The van der Waals surface area contributed by atoms with Crippen molar-refractivity contribution in [1.82, 2.24) is 19.5 Å². The van der Waals surface area contributed by atoms with Crippen molar-refractivity contribution in [3.05, 3.63) is 11.6 Å². The molecule has 0 radical (unpaired) electrons. The van der Waals surface area contributed by atoms with Crippen molar-refractivity contribution in [3.8, 4) is 0 Å². The molecule has 2 aromatic rings. The Kier molecular flexibility index (Phi) is 6.52. The Hall–Kier alpha value is -2.18. The number of nitrogens with one attached hydrogen (secondary N) is 1. The second kappa shape index (κ2) is 8.88. The molecule has 0 aromatic carbocycles. The maximum absolute atomic E-state index is 11.2. The van der Waals surface area contributed by atoms with Gasteiger partial charge >= 0.3 is 5.97 Å². The van der Waals surface area contributed by atoms with Crippen LogP contribution in [0.1, 0.15) is 81.7 Å². The molecule has 28 heavy (non-hydrogen) atoms. The number of nitrogens with zero attached hydrogens (tertiary/aromatic N) is 4. The monoisotopic (exact) mass is 387 g/mol. The molecule has 2 N–H and O–H groups in total. The molecule has 2 aliphatic carbocycles. The largest absolute Gasteiger partial charge is 0.475 e. The third-order valence-corrected chi connectivity index (χ3v) is 6.26. The van der Waals surface area contributed by atoms with Crippen molar-refractivity contribution in [2.24, 2.45) is 18.9 Å². The molecule has 0 aliphatic heterocycles. The molecule has 2 heterocycles. The summed E-state index contributed by atoms with van der Waals surface area (Å²) < 4.78 is 1.89. The zero-order valence-electron chi connectivity index (χ0n) is 17.5. The molecule has 7 nitrogen and oxygen atoms in total. The summed E-state index contributed by atoms with van der Waals surface area (Å²) in [7, 11) is 1.88. The summed E-state index contributed by atoms with van der Waals surface area (Å²) in [6.45, 7) is 6.34. The van der Waals surface area contributed by atoms with Crippen LogP contribution < -0.4 is 5.32 Å². The van der Waals surface area contributed by atoms with Gasteiger partial charge in [-0.05, 0) is 38.5 Å². The van der Waals surface area contributed by atoms with Gasteiger partial charge in [-0.1, -0.05) is 45.4 Å². The highest BCUT2D eigenvalue weighted by Gasteiger charge is 2.26. The molecule has 0 saturated heterocycles. The predicted molar refractivity (Wildman–Crippen MR) is 111 cm³/mol. The van der Waals surface area contributed by atoms with E-state index in [4.69, 9.17) is 5.11 Å². The normalized spacial score (nSPS) is 18.9. The van der Waals surface area contributed by atoms with Crippen LogP contribution in [0.5, 0.6) is 0 Å². The molecule has 2 aromatic heterocycles. The number of fused-ring (bicyclic) bond motifs is 1. The van der Waals surface area contributed by atoms with E-state index in [2.05, 4.69) is 34.1 Å². The van der Waals surface area contributed by atoms with E-state index in [1.54, 1.807) is 0 Å². The minimum atomic E-state index is -1.14. The first kappa shape index (κ1) is 20.6. The van der Waals surface area contributed by atoms with Gasteiger partial charge in [0.1, 0.15) is 11.3 Å². The molecule has 0 bridgehead atoms. The third kappa shape index (κ3) is 4.62. The number of carboxylic acid groups (broad SMARTS) is 1. The Balaban J connectivity index is 0.000000271. The van der Waals surface area contributed by atoms with Crippen LogP contribution in [0.4, 0.5) is 5.82 Å². The highest BCUT2D eigenvalue weighted by atomic mass is 16.4. The van der Waals surface area contributed by atoms with E-state index < -0.39 is 5.97 Å². The van der Waals surface area contributed by atoms with Gasteiger partial charge in [0, 0.05) is 13.1 Å². The van der Waals surface area contributed by atoms with E-state index in [9.17, 15) is 4.79 Å². The molecule has 2 fully saturated rings. The quantitative estimate of drug-likeness (QED) is 0.799. The molecule has 0 amide bonds. The Labute approximate surface area is 167 Å². The maximum atomic E-state index is 11.2. The lowest BCUT2D eigenvalue weighted by Crippen LogP contribution is -2.31. The summed E-state index contributed by atoms with van der Waals surface area (Å²) in [6.07, 6.45) is 11.1. The van der Waals surface area contributed by atoms with Gasteiger partial charge in [0.05, 0.1) is 0 Å². The summed E-state index contributed by atoms with van der Waals surface area (Å²) in [4.78, 5) is 23.7. The second-order valence-electron chi connectivity index (χ2n) is 8.46. The zero-order chi connectivity index (χ0) is 20.3. The van der Waals surface area contributed by atoms with Gasteiger partial charge in [0.2, 0.25) is 5.82 Å². The molecule has 2 aliphatic rings. The molecule has 7 heteroatoms. The number of aromatic nitrogens is 4.